The van der Waals surface area contributed by atoms with Gasteiger partial charge in [0.15, 0.2) is 0 Å². The molecular formula is C14H29N3O. The highest BCUT2D eigenvalue weighted by atomic mass is 16.3. The van der Waals surface area contributed by atoms with E-state index in [9.17, 15) is 0 Å². The van der Waals surface area contributed by atoms with E-state index in [1.165, 1.54) is 32.2 Å². The van der Waals surface area contributed by atoms with E-state index in [-0.39, 0.29) is 12.9 Å². The quantitative estimate of drug-likeness (QED) is 0.696. The fourth-order valence-corrected chi connectivity index (χ4v) is 3.46. The minimum atomic E-state index is 0.204. The van der Waals surface area contributed by atoms with Crippen molar-refractivity contribution in [3.05, 3.63) is 0 Å². The van der Waals surface area contributed by atoms with E-state index in [2.05, 4.69) is 29.5 Å². The fourth-order valence-electron chi connectivity index (χ4n) is 3.46. The third-order valence-electron chi connectivity index (χ3n) is 4.71. The standard InChI is InChI=1S/C14H29N3O/c1-11-3-5-12(6-4-11)13-9-16-14(15-7-8-18)17(2)10-13/h11-16,18H,3-10H2,1-2H3. The Bertz CT molecular complexity index is 241. The first kappa shape index (κ1) is 14.3. The molecule has 1 heterocycles. The Labute approximate surface area is 111 Å². The monoisotopic (exact) mass is 255 g/mol. The van der Waals surface area contributed by atoms with Crippen LogP contribution in [0, 0.1) is 17.8 Å². The van der Waals surface area contributed by atoms with Crippen LogP contribution >= 0.6 is 0 Å². The summed E-state index contributed by atoms with van der Waals surface area (Å²) in [5.74, 6) is 2.65. The van der Waals surface area contributed by atoms with Crippen molar-refractivity contribution in [1.29, 1.82) is 0 Å². The largest absolute Gasteiger partial charge is 0.395 e. The Balaban J connectivity index is 1.77. The van der Waals surface area contributed by atoms with E-state index in [0.29, 0.717) is 6.54 Å². The molecule has 0 aromatic rings. The third kappa shape index (κ3) is 3.67. The number of nitrogens with one attached hydrogen (secondary N) is 2. The van der Waals surface area contributed by atoms with Crippen molar-refractivity contribution < 1.29 is 5.11 Å². The molecule has 1 saturated carbocycles. The third-order valence-corrected chi connectivity index (χ3v) is 4.71. The Kier molecular flexibility index (Phi) is 5.42. The lowest BCUT2D eigenvalue weighted by Gasteiger charge is -2.43. The van der Waals surface area contributed by atoms with Crippen molar-refractivity contribution >= 4 is 0 Å². The predicted molar refractivity (Wildman–Crippen MR) is 74.1 cm³/mol. The SMILES string of the molecule is CC1CCC(C2CNC(NCCO)N(C)C2)CC1. The van der Waals surface area contributed by atoms with Gasteiger partial charge in [-0.05, 0) is 37.6 Å². The predicted octanol–water partition coefficient (Wildman–Crippen LogP) is 0.829. The van der Waals surface area contributed by atoms with Crippen LogP contribution in [0.25, 0.3) is 0 Å². The molecule has 0 aromatic carbocycles. The van der Waals surface area contributed by atoms with Gasteiger partial charge in [-0.3, -0.25) is 15.5 Å². The van der Waals surface area contributed by atoms with Crippen molar-refractivity contribution in [2.24, 2.45) is 17.8 Å². The average molecular weight is 255 g/mol. The summed E-state index contributed by atoms with van der Waals surface area (Å²) < 4.78 is 0. The van der Waals surface area contributed by atoms with E-state index in [1.54, 1.807) is 0 Å². The molecule has 0 spiro atoms. The molecule has 0 bridgehead atoms. The summed E-state index contributed by atoms with van der Waals surface area (Å²) in [7, 11) is 2.17. The van der Waals surface area contributed by atoms with Crippen LogP contribution in [-0.2, 0) is 0 Å². The second-order valence-corrected chi connectivity index (χ2v) is 6.21. The molecule has 3 N–H and O–H groups in total. The van der Waals surface area contributed by atoms with E-state index in [0.717, 1.165) is 24.3 Å². The van der Waals surface area contributed by atoms with Gasteiger partial charge >= 0.3 is 0 Å². The highest BCUT2D eigenvalue weighted by Gasteiger charge is 2.31. The maximum Gasteiger partial charge on any atom is 0.114 e. The summed E-state index contributed by atoms with van der Waals surface area (Å²) in [6.45, 7) is 5.54. The van der Waals surface area contributed by atoms with Crippen LogP contribution in [0.4, 0.5) is 0 Å². The lowest BCUT2D eigenvalue weighted by atomic mass is 9.75. The van der Waals surface area contributed by atoms with Gasteiger partial charge in [0, 0.05) is 19.6 Å². The van der Waals surface area contributed by atoms with Crippen molar-refractivity contribution in [1.82, 2.24) is 15.5 Å². The van der Waals surface area contributed by atoms with E-state index in [4.69, 9.17) is 5.11 Å². The number of hydrogen-bond donors (Lipinski definition) is 3. The maximum absolute atomic E-state index is 8.86. The molecule has 2 unspecified atom stereocenters. The van der Waals surface area contributed by atoms with Crippen molar-refractivity contribution in [2.75, 3.05) is 33.3 Å². The van der Waals surface area contributed by atoms with Crippen LogP contribution < -0.4 is 10.6 Å². The van der Waals surface area contributed by atoms with Crippen molar-refractivity contribution in [3.8, 4) is 0 Å². The van der Waals surface area contributed by atoms with Crippen molar-refractivity contribution in [3.63, 3.8) is 0 Å². The van der Waals surface area contributed by atoms with Crippen LogP contribution in [0.5, 0.6) is 0 Å². The number of hydrogen-bond acceptors (Lipinski definition) is 4. The second-order valence-electron chi connectivity index (χ2n) is 6.21. The minimum absolute atomic E-state index is 0.204. The first-order valence-electron chi connectivity index (χ1n) is 7.48. The molecule has 1 aliphatic heterocycles. The zero-order valence-electron chi connectivity index (χ0n) is 11.9. The van der Waals surface area contributed by atoms with Gasteiger partial charge in [0.25, 0.3) is 0 Å². The van der Waals surface area contributed by atoms with Gasteiger partial charge < -0.3 is 5.11 Å². The maximum atomic E-state index is 8.86. The molecule has 18 heavy (non-hydrogen) atoms. The summed E-state index contributed by atoms with van der Waals surface area (Å²) in [5.41, 5.74) is 0. The normalized spacial score (nSPS) is 38.8. The highest BCUT2D eigenvalue weighted by Crippen LogP contribution is 2.34. The van der Waals surface area contributed by atoms with E-state index >= 15 is 0 Å². The van der Waals surface area contributed by atoms with Crippen LogP contribution in [0.15, 0.2) is 0 Å². The van der Waals surface area contributed by atoms with Gasteiger partial charge in [-0.1, -0.05) is 19.8 Å². The van der Waals surface area contributed by atoms with E-state index < -0.39 is 0 Å². The average Bonchev–Trinajstić information content (AvgIpc) is 2.38. The summed E-state index contributed by atoms with van der Waals surface area (Å²) >= 11 is 0. The summed E-state index contributed by atoms with van der Waals surface area (Å²) in [5, 5.41) is 15.7. The molecule has 0 aromatic heterocycles. The first-order chi connectivity index (χ1) is 8.70. The molecule has 2 fully saturated rings. The topological polar surface area (TPSA) is 47.5 Å². The zero-order valence-corrected chi connectivity index (χ0v) is 11.9. The van der Waals surface area contributed by atoms with Crippen LogP contribution in [0.1, 0.15) is 32.6 Å². The van der Waals surface area contributed by atoms with Crippen LogP contribution in [0.3, 0.4) is 0 Å². The molecule has 0 amide bonds. The first-order valence-corrected chi connectivity index (χ1v) is 7.48. The molecule has 106 valence electrons. The molecule has 1 aliphatic carbocycles. The molecule has 2 aliphatic rings. The Morgan fingerprint density at radius 2 is 1.94 bits per heavy atom. The van der Waals surface area contributed by atoms with Crippen molar-refractivity contribution in [2.45, 2.75) is 38.9 Å². The number of nitrogens with zero attached hydrogens (tertiary/aromatic N) is 1. The van der Waals surface area contributed by atoms with Gasteiger partial charge in [-0.2, -0.15) is 0 Å². The van der Waals surface area contributed by atoms with Crippen LogP contribution in [0.2, 0.25) is 0 Å². The van der Waals surface area contributed by atoms with Gasteiger partial charge in [0.1, 0.15) is 6.29 Å². The van der Waals surface area contributed by atoms with Gasteiger partial charge in [-0.25, -0.2) is 0 Å². The lowest BCUT2D eigenvalue weighted by molar-refractivity contribution is 0.0566. The summed E-state index contributed by atoms with van der Waals surface area (Å²) in [6.07, 6.45) is 5.89. The Morgan fingerprint density at radius 1 is 1.22 bits per heavy atom. The lowest BCUT2D eigenvalue weighted by Crippen LogP contribution is -2.61. The number of rotatable bonds is 4. The summed E-state index contributed by atoms with van der Waals surface area (Å²) in [4.78, 5) is 2.35. The van der Waals surface area contributed by atoms with E-state index in [1.807, 2.05) is 0 Å². The smallest absolute Gasteiger partial charge is 0.114 e. The van der Waals surface area contributed by atoms with Crippen LogP contribution in [-0.4, -0.2) is 49.6 Å². The Hall–Kier alpha value is -0.160. The number of aliphatic hydroxyl groups is 1. The van der Waals surface area contributed by atoms with Gasteiger partial charge in [-0.15, -0.1) is 0 Å². The van der Waals surface area contributed by atoms with Gasteiger partial charge in [0.05, 0.1) is 6.61 Å². The molecule has 2 atom stereocenters. The van der Waals surface area contributed by atoms with Gasteiger partial charge in [0.2, 0.25) is 0 Å². The fraction of sp³-hybridized carbons (Fsp3) is 1.00. The molecule has 2 rings (SSSR count). The number of aliphatic hydroxyl groups excluding tert-OH is 1. The molecule has 0 radical (unpaired) electrons. The molecule has 4 nitrogen and oxygen atoms in total. The highest BCUT2D eigenvalue weighted by molar-refractivity contribution is 4.84. The molecule has 1 saturated heterocycles. The zero-order chi connectivity index (χ0) is 13.0. The molecule has 4 heteroatoms. The minimum Gasteiger partial charge on any atom is -0.395 e. The second kappa shape index (κ2) is 6.85. The summed E-state index contributed by atoms with van der Waals surface area (Å²) in [6, 6.07) is 0. The molecular weight excluding hydrogens is 226 g/mol. The Morgan fingerprint density at radius 3 is 2.56 bits per heavy atom.